The summed E-state index contributed by atoms with van der Waals surface area (Å²) in [5.74, 6) is -3.55. The van der Waals surface area contributed by atoms with Gasteiger partial charge in [0.05, 0.1) is 0 Å². The first-order chi connectivity index (χ1) is 13.8. The van der Waals surface area contributed by atoms with Crippen LogP contribution in [0.25, 0.3) is 10.9 Å². The van der Waals surface area contributed by atoms with Crippen LogP contribution in [0.4, 0.5) is 0 Å². The molecule has 29 heavy (non-hydrogen) atoms. The molecule has 0 saturated heterocycles. The fourth-order valence-corrected chi connectivity index (χ4v) is 3.10. The smallest absolute Gasteiger partial charge is 0.351 e. The Balaban J connectivity index is 1.79. The molecule has 2 atom stereocenters. The normalized spacial score (nSPS) is 19.1. The van der Waals surface area contributed by atoms with Crippen LogP contribution in [0.2, 0.25) is 0 Å². The second-order valence-electron chi connectivity index (χ2n) is 6.56. The number of rotatable bonds is 7. The number of carbonyl (C=O) groups is 3. The molecule has 9 heteroatoms. The van der Waals surface area contributed by atoms with Crippen molar-refractivity contribution in [2.24, 2.45) is 4.99 Å². The Morgan fingerprint density at radius 3 is 2.66 bits per heavy atom. The van der Waals surface area contributed by atoms with Crippen molar-refractivity contribution in [2.45, 2.75) is 24.9 Å². The summed E-state index contributed by atoms with van der Waals surface area (Å²) in [6.07, 6.45) is 6.00. The zero-order valence-corrected chi connectivity index (χ0v) is 15.2. The predicted molar refractivity (Wildman–Crippen MR) is 105 cm³/mol. The second kappa shape index (κ2) is 8.42. The van der Waals surface area contributed by atoms with Crippen LogP contribution in [0.15, 0.2) is 58.9 Å². The van der Waals surface area contributed by atoms with E-state index < -0.39 is 30.0 Å². The van der Waals surface area contributed by atoms with E-state index in [1.165, 1.54) is 18.4 Å². The molecule has 2 unspecified atom stereocenters. The number of nitrogens with one attached hydrogen (secondary N) is 2. The van der Waals surface area contributed by atoms with Crippen molar-refractivity contribution in [1.82, 2.24) is 10.3 Å². The molecule has 0 radical (unpaired) electrons. The number of hydrogen-bond acceptors (Lipinski definition) is 5. The van der Waals surface area contributed by atoms with E-state index in [0.29, 0.717) is 5.57 Å². The van der Waals surface area contributed by atoms with Crippen molar-refractivity contribution in [1.29, 1.82) is 0 Å². The molecule has 0 saturated carbocycles. The fourth-order valence-electron chi connectivity index (χ4n) is 3.10. The highest BCUT2D eigenvalue weighted by Crippen LogP contribution is 2.20. The predicted octanol–water partition coefficient (Wildman–Crippen LogP) is 1.58. The summed E-state index contributed by atoms with van der Waals surface area (Å²) >= 11 is 0. The molecule has 0 bridgehead atoms. The maximum atomic E-state index is 11.6. The van der Waals surface area contributed by atoms with Gasteiger partial charge in [-0.2, -0.15) is 0 Å². The number of aliphatic imine (C=N–C) groups is 1. The molecule has 1 aliphatic heterocycles. The third-order valence-electron chi connectivity index (χ3n) is 4.56. The number of hydrogen-bond donors (Lipinski definition) is 5. The minimum absolute atomic E-state index is 0.0539. The van der Waals surface area contributed by atoms with Gasteiger partial charge in [0.25, 0.3) is 0 Å². The molecule has 9 nitrogen and oxygen atoms in total. The molecule has 150 valence electrons. The van der Waals surface area contributed by atoms with Crippen LogP contribution < -0.4 is 5.32 Å². The fraction of sp³-hybridized carbons (Fsp3) is 0.200. The Morgan fingerprint density at radius 1 is 1.21 bits per heavy atom. The van der Waals surface area contributed by atoms with E-state index in [1.54, 1.807) is 6.20 Å². The van der Waals surface area contributed by atoms with Crippen LogP contribution in [0, 0.1) is 0 Å². The van der Waals surface area contributed by atoms with Gasteiger partial charge < -0.3 is 25.6 Å². The molecular weight excluding hydrogens is 378 g/mol. The van der Waals surface area contributed by atoms with Crippen molar-refractivity contribution in [3.63, 3.8) is 0 Å². The molecule has 2 aromatic rings. The van der Waals surface area contributed by atoms with Gasteiger partial charge in [-0.3, -0.25) is 4.99 Å². The molecule has 1 aromatic carbocycles. The van der Waals surface area contributed by atoms with E-state index in [9.17, 15) is 19.5 Å². The Labute approximate surface area is 165 Å². The lowest BCUT2D eigenvalue weighted by molar-refractivity contribution is -0.140. The monoisotopic (exact) mass is 397 g/mol. The maximum Gasteiger partial charge on any atom is 0.351 e. The number of carboxylic acid groups (broad SMARTS) is 3. The van der Waals surface area contributed by atoms with Crippen molar-refractivity contribution in [2.75, 3.05) is 0 Å². The van der Waals surface area contributed by atoms with E-state index in [2.05, 4.69) is 15.3 Å². The standard InChI is InChI=1S/C20H19N3O6/c24-18(25)15(9-12-10-22-14-4-2-1-3-13(12)14)21-6-5-11-7-16(19(26)27)23-17(8-11)20(28)29/h1-7,10,15,17,22-23H,8-9H2,(H,24,25)(H,26,27)(H,28,29). The highest BCUT2D eigenvalue weighted by Gasteiger charge is 2.26. The SMILES string of the molecule is O=C(O)C1=CC(=CC=NC(Cc2c[nH]c3ccccc23)C(=O)O)CC(C(=O)O)N1. The summed E-state index contributed by atoms with van der Waals surface area (Å²) in [5.41, 5.74) is 1.91. The first-order valence-electron chi connectivity index (χ1n) is 8.79. The molecular formula is C20H19N3O6. The van der Waals surface area contributed by atoms with Crippen molar-refractivity contribution in [3.05, 3.63) is 59.4 Å². The minimum Gasteiger partial charge on any atom is -0.480 e. The second-order valence-corrected chi connectivity index (χ2v) is 6.56. The topological polar surface area (TPSA) is 152 Å². The largest absolute Gasteiger partial charge is 0.480 e. The average molecular weight is 397 g/mol. The molecule has 3 rings (SSSR count). The molecule has 1 aliphatic rings. The maximum absolute atomic E-state index is 11.6. The van der Waals surface area contributed by atoms with Crippen LogP contribution in [0.5, 0.6) is 0 Å². The van der Waals surface area contributed by atoms with Gasteiger partial charge in [-0.1, -0.05) is 18.2 Å². The minimum atomic E-state index is -1.28. The highest BCUT2D eigenvalue weighted by atomic mass is 16.4. The van der Waals surface area contributed by atoms with Crippen LogP contribution in [0.1, 0.15) is 12.0 Å². The Bertz CT molecular complexity index is 1050. The van der Waals surface area contributed by atoms with Gasteiger partial charge >= 0.3 is 17.9 Å². The van der Waals surface area contributed by atoms with Gasteiger partial charge in [-0.15, -0.1) is 0 Å². The summed E-state index contributed by atoms with van der Waals surface area (Å²) in [6, 6.07) is 5.42. The summed E-state index contributed by atoms with van der Waals surface area (Å²) in [4.78, 5) is 41.1. The lowest BCUT2D eigenvalue weighted by Crippen LogP contribution is -2.41. The van der Waals surface area contributed by atoms with Gasteiger partial charge in [0, 0.05) is 36.2 Å². The molecule has 5 N–H and O–H groups in total. The number of H-pyrrole nitrogens is 1. The molecule has 1 aromatic heterocycles. The first kappa shape index (κ1) is 19.9. The first-order valence-corrected chi connectivity index (χ1v) is 8.79. The molecule has 0 fully saturated rings. The van der Waals surface area contributed by atoms with Crippen LogP contribution in [0.3, 0.4) is 0 Å². The molecule has 0 amide bonds. The Morgan fingerprint density at radius 2 is 1.97 bits per heavy atom. The summed E-state index contributed by atoms with van der Waals surface area (Å²) in [7, 11) is 0. The van der Waals surface area contributed by atoms with Gasteiger partial charge in [0.1, 0.15) is 11.7 Å². The highest BCUT2D eigenvalue weighted by molar-refractivity contribution is 5.90. The van der Waals surface area contributed by atoms with Crippen molar-refractivity contribution in [3.8, 4) is 0 Å². The van der Waals surface area contributed by atoms with Crippen LogP contribution in [-0.4, -0.2) is 56.5 Å². The number of allylic oxidation sites excluding steroid dienone is 2. The van der Waals surface area contributed by atoms with Crippen molar-refractivity contribution < 1.29 is 29.7 Å². The number of fused-ring (bicyclic) bond motifs is 1. The molecule has 0 aliphatic carbocycles. The van der Waals surface area contributed by atoms with E-state index in [4.69, 9.17) is 10.2 Å². The zero-order chi connectivity index (χ0) is 21.0. The lowest BCUT2D eigenvalue weighted by Gasteiger charge is -2.21. The average Bonchev–Trinajstić information content (AvgIpc) is 3.09. The number of aromatic nitrogens is 1. The molecule has 0 spiro atoms. The third kappa shape index (κ3) is 4.70. The Kier molecular flexibility index (Phi) is 5.77. The van der Waals surface area contributed by atoms with Gasteiger partial charge in [0.15, 0.2) is 6.04 Å². The number of benzene rings is 1. The Hall–Kier alpha value is -3.88. The van der Waals surface area contributed by atoms with Gasteiger partial charge in [0.2, 0.25) is 0 Å². The number of para-hydroxylation sites is 1. The number of nitrogens with zero attached hydrogens (tertiary/aromatic N) is 1. The van der Waals surface area contributed by atoms with E-state index in [1.807, 2.05) is 24.3 Å². The number of aliphatic carboxylic acids is 3. The molecule has 2 heterocycles. The lowest BCUT2D eigenvalue weighted by atomic mass is 10.00. The zero-order valence-electron chi connectivity index (χ0n) is 15.2. The van der Waals surface area contributed by atoms with E-state index >= 15 is 0 Å². The third-order valence-corrected chi connectivity index (χ3v) is 4.56. The summed E-state index contributed by atoms with van der Waals surface area (Å²) < 4.78 is 0. The van der Waals surface area contributed by atoms with Crippen molar-refractivity contribution >= 4 is 35.0 Å². The number of carboxylic acids is 3. The van der Waals surface area contributed by atoms with Gasteiger partial charge in [-0.25, -0.2) is 14.4 Å². The van der Waals surface area contributed by atoms with Crippen LogP contribution >= 0.6 is 0 Å². The summed E-state index contributed by atoms with van der Waals surface area (Å²) in [5, 5.41) is 31.1. The van der Waals surface area contributed by atoms with E-state index in [-0.39, 0.29) is 18.5 Å². The van der Waals surface area contributed by atoms with Crippen LogP contribution in [-0.2, 0) is 20.8 Å². The van der Waals surface area contributed by atoms with E-state index in [0.717, 1.165) is 16.5 Å². The van der Waals surface area contributed by atoms with Gasteiger partial charge in [-0.05, 0) is 29.4 Å². The summed E-state index contributed by atoms with van der Waals surface area (Å²) in [6.45, 7) is 0. The number of aromatic amines is 1. The quantitative estimate of drug-likeness (QED) is 0.445.